The quantitative estimate of drug-likeness (QED) is 0.437. The van der Waals surface area contributed by atoms with Crippen molar-refractivity contribution in [2.75, 3.05) is 43.9 Å². The lowest BCUT2D eigenvalue weighted by atomic mass is 10.1. The van der Waals surface area contributed by atoms with Crippen molar-refractivity contribution in [3.63, 3.8) is 0 Å². The molecule has 178 valence electrons. The first-order valence-corrected chi connectivity index (χ1v) is 12.1. The van der Waals surface area contributed by atoms with Crippen molar-refractivity contribution >= 4 is 50.3 Å². The Kier molecular flexibility index (Phi) is 7.64. The number of likely N-dealkylation sites (tertiary alicyclic amines) is 1. The molecule has 0 bridgehead atoms. The van der Waals surface area contributed by atoms with E-state index in [2.05, 4.69) is 41.8 Å². The number of carbonyl (C=O) groups is 2. The van der Waals surface area contributed by atoms with Crippen molar-refractivity contribution < 1.29 is 9.59 Å². The highest BCUT2D eigenvalue weighted by atomic mass is 79.9. The number of fused-ring (bicyclic) bond motifs is 1. The van der Waals surface area contributed by atoms with E-state index >= 15 is 0 Å². The second kappa shape index (κ2) is 10.8. The van der Waals surface area contributed by atoms with Crippen LogP contribution in [0.5, 0.6) is 0 Å². The molecule has 2 heterocycles. The van der Waals surface area contributed by atoms with Gasteiger partial charge in [-0.25, -0.2) is 9.59 Å². The summed E-state index contributed by atoms with van der Waals surface area (Å²) in [4.78, 5) is 33.6. The monoisotopic (exact) mass is 524 g/mol. The number of hydrogen-bond donors (Lipinski definition) is 3. The predicted molar refractivity (Wildman–Crippen MR) is 139 cm³/mol. The molecule has 3 N–H and O–H groups in total. The lowest BCUT2D eigenvalue weighted by Gasteiger charge is -2.25. The SMILES string of the molecule is Cc1cc(NC(=O)NCCN2CCC(N(C)C(=O)Nc3ccc(Br)cc3)C2)c2ccccc2n1. The van der Waals surface area contributed by atoms with Gasteiger partial charge in [0.05, 0.1) is 11.2 Å². The van der Waals surface area contributed by atoms with Gasteiger partial charge in [0.25, 0.3) is 0 Å². The van der Waals surface area contributed by atoms with E-state index in [0.29, 0.717) is 6.54 Å². The minimum atomic E-state index is -0.238. The molecule has 0 radical (unpaired) electrons. The molecule has 1 aromatic heterocycles. The Morgan fingerprint density at radius 1 is 1.15 bits per heavy atom. The Morgan fingerprint density at radius 2 is 1.91 bits per heavy atom. The van der Waals surface area contributed by atoms with Gasteiger partial charge < -0.3 is 20.9 Å². The van der Waals surface area contributed by atoms with Crippen LogP contribution in [0.4, 0.5) is 21.0 Å². The summed E-state index contributed by atoms with van der Waals surface area (Å²) < 4.78 is 0.969. The van der Waals surface area contributed by atoms with Crippen LogP contribution >= 0.6 is 15.9 Å². The topological polar surface area (TPSA) is 89.6 Å². The molecule has 9 heteroatoms. The molecule has 4 amide bonds. The number of amides is 4. The Morgan fingerprint density at radius 3 is 2.71 bits per heavy atom. The number of para-hydroxylation sites is 1. The van der Waals surface area contributed by atoms with E-state index in [4.69, 9.17) is 0 Å². The molecular formula is C25H29BrN6O2. The smallest absolute Gasteiger partial charge is 0.321 e. The van der Waals surface area contributed by atoms with E-state index in [9.17, 15) is 9.59 Å². The van der Waals surface area contributed by atoms with Gasteiger partial charge in [-0.3, -0.25) is 9.88 Å². The van der Waals surface area contributed by atoms with Gasteiger partial charge in [-0.05, 0) is 49.7 Å². The van der Waals surface area contributed by atoms with E-state index in [1.54, 1.807) is 4.90 Å². The Balaban J connectivity index is 1.22. The van der Waals surface area contributed by atoms with Crippen molar-refractivity contribution in [2.24, 2.45) is 0 Å². The Labute approximate surface area is 207 Å². The molecule has 2 aromatic carbocycles. The van der Waals surface area contributed by atoms with Gasteiger partial charge in [0.1, 0.15) is 0 Å². The molecule has 0 aliphatic carbocycles. The zero-order valence-electron chi connectivity index (χ0n) is 19.3. The maximum absolute atomic E-state index is 12.6. The fraction of sp³-hybridized carbons (Fsp3) is 0.320. The molecule has 8 nitrogen and oxygen atoms in total. The third-order valence-corrected chi connectivity index (χ3v) is 6.55. The van der Waals surface area contributed by atoms with Gasteiger partial charge in [-0.2, -0.15) is 0 Å². The highest BCUT2D eigenvalue weighted by Crippen LogP contribution is 2.23. The number of hydrogen-bond acceptors (Lipinski definition) is 4. The number of halogens is 1. The molecule has 1 aliphatic rings. The standard InChI is InChI=1S/C25H29BrN6O2/c1-17-15-23(21-5-3-4-6-22(21)28-17)30-24(33)27-12-14-32-13-11-20(16-32)31(2)25(34)29-19-9-7-18(26)8-10-19/h3-10,15,20H,11-14,16H2,1-2H3,(H,29,34)(H2,27,28,30,33). The third kappa shape index (κ3) is 6.03. The Bertz CT molecular complexity index is 1170. The van der Waals surface area contributed by atoms with Crippen LogP contribution in [-0.4, -0.2) is 66.1 Å². The van der Waals surface area contributed by atoms with E-state index in [0.717, 1.165) is 58.5 Å². The van der Waals surface area contributed by atoms with Crippen molar-refractivity contribution in [3.8, 4) is 0 Å². The molecular weight excluding hydrogens is 496 g/mol. The second-order valence-electron chi connectivity index (χ2n) is 8.50. The molecule has 1 aliphatic heterocycles. The predicted octanol–water partition coefficient (Wildman–Crippen LogP) is 4.67. The van der Waals surface area contributed by atoms with Crippen molar-refractivity contribution in [1.82, 2.24) is 20.1 Å². The van der Waals surface area contributed by atoms with Gasteiger partial charge in [0.2, 0.25) is 0 Å². The summed E-state index contributed by atoms with van der Waals surface area (Å²) in [6.45, 7) is 4.83. The fourth-order valence-electron chi connectivity index (χ4n) is 4.15. The average Bonchev–Trinajstić information content (AvgIpc) is 3.28. The largest absolute Gasteiger partial charge is 0.337 e. The third-order valence-electron chi connectivity index (χ3n) is 6.02. The van der Waals surface area contributed by atoms with Crippen LogP contribution in [0.2, 0.25) is 0 Å². The molecule has 34 heavy (non-hydrogen) atoms. The lowest BCUT2D eigenvalue weighted by molar-refractivity contribution is 0.202. The number of benzene rings is 2. The maximum Gasteiger partial charge on any atom is 0.321 e. The number of nitrogens with one attached hydrogen (secondary N) is 3. The fourth-order valence-corrected chi connectivity index (χ4v) is 4.41. The summed E-state index contributed by atoms with van der Waals surface area (Å²) in [6.07, 6.45) is 0.902. The van der Waals surface area contributed by atoms with E-state index < -0.39 is 0 Å². The highest BCUT2D eigenvalue weighted by molar-refractivity contribution is 9.10. The zero-order chi connectivity index (χ0) is 24.1. The molecule has 1 fully saturated rings. The number of aromatic nitrogens is 1. The molecule has 1 unspecified atom stereocenters. The normalized spacial score (nSPS) is 15.8. The van der Waals surface area contributed by atoms with E-state index in [-0.39, 0.29) is 18.1 Å². The van der Waals surface area contributed by atoms with Crippen molar-refractivity contribution in [3.05, 3.63) is 64.8 Å². The number of anilines is 2. The van der Waals surface area contributed by atoms with Crippen LogP contribution in [0, 0.1) is 6.92 Å². The summed E-state index contributed by atoms with van der Waals surface area (Å²) in [7, 11) is 1.83. The van der Waals surface area contributed by atoms with Crippen LogP contribution in [0.3, 0.4) is 0 Å². The van der Waals surface area contributed by atoms with Gasteiger partial charge in [-0.15, -0.1) is 0 Å². The molecule has 0 saturated carbocycles. The van der Waals surface area contributed by atoms with Crippen LogP contribution in [0.15, 0.2) is 59.1 Å². The van der Waals surface area contributed by atoms with E-state index in [1.807, 2.05) is 68.6 Å². The van der Waals surface area contributed by atoms with Crippen LogP contribution < -0.4 is 16.0 Å². The Hall–Kier alpha value is -3.17. The lowest BCUT2D eigenvalue weighted by Crippen LogP contribution is -2.42. The van der Waals surface area contributed by atoms with E-state index in [1.165, 1.54) is 0 Å². The maximum atomic E-state index is 12.6. The number of aryl methyl sites for hydroxylation is 1. The first-order valence-electron chi connectivity index (χ1n) is 11.3. The summed E-state index contributed by atoms with van der Waals surface area (Å²) in [5, 5.41) is 9.73. The minimum absolute atomic E-state index is 0.119. The molecule has 1 saturated heterocycles. The molecule has 3 aromatic rings. The number of pyridine rings is 1. The molecule has 0 spiro atoms. The minimum Gasteiger partial charge on any atom is -0.337 e. The molecule has 4 rings (SSSR count). The second-order valence-corrected chi connectivity index (χ2v) is 9.42. The van der Waals surface area contributed by atoms with Gasteiger partial charge in [-0.1, -0.05) is 34.1 Å². The number of likely N-dealkylation sites (N-methyl/N-ethyl adjacent to an activating group) is 1. The number of rotatable bonds is 6. The van der Waals surface area contributed by atoms with Crippen LogP contribution in [0.25, 0.3) is 10.9 Å². The summed E-state index contributed by atoms with van der Waals surface area (Å²) >= 11 is 3.40. The van der Waals surface area contributed by atoms with Gasteiger partial charge in [0.15, 0.2) is 0 Å². The average molecular weight is 525 g/mol. The van der Waals surface area contributed by atoms with Crippen molar-refractivity contribution in [2.45, 2.75) is 19.4 Å². The first-order chi connectivity index (χ1) is 16.4. The first kappa shape index (κ1) is 24.0. The number of nitrogens with zero attached hydrogens (tertiary/aromatic N) is 3. The van der Waals surface area contributed by atoms with Gasteiger partial charge in [0, 0.05) is 60.5 Å². The highest BCUT2D eigenvalue weighted by Gasteiger charge is 2.28. The van der Waals surface area contributed by atoms with Crippen LogP contribution in [0.1, 0.15) is 12.1 Å². The number of carbonyl (C=O) groups excluding carboxylic acids is 2. The summed E-state index contributed by atoms with van der Waals surface area (Å²) in [5.74, 6) is 0. The van der Waals surface area contributed by atoms with Crippen molar-refractivity contribution in [1.29, 1.82) is 0 Å². The summed E-state index contributed by atoms with van der Waals surface area (Å²) in [6, 6.07) is 16.9. The zero-order valence-corrected chi connectivity index (χ0v) is 20.9. The van der Waals surface area contributed by atoms with Crippen LogP contribution in [-0.2, 0) is 0 Å². The summed E-state index contributed by atoms with van der Waals surface area (Å²) in [5.41, 5.74) is 3.22. The number of urea groups is 2. The van der Waals surface area contributed by atoms with Gasteiger partial charge >= 0.3 is 12.1 Å². The molecule has 1 atom stereocenters.